The SMILES string of the molecule is CC(O)c1cccc(NC(=O)c2ccc(C(C)(C)C)cc2)c1. The van der Waals surface area contributed by atoms with Crippen LogP contribution in [0.5, 0.6) is 0 Å². The summed E-state index contributed by atoms with van der Waals surface area (Å²) in [5.41, 5.74) is 3.35. The van der Waals surface area contributed by atoms with Crippen LogP contribution in [0.4, 0.5) is 5.69 Å². The number of carbonyl (C=O) groups excluding carboxylic acids is 1. The Hall–Kier alpha value is -2.13. The fourth-order valence-electron chi connectivity index (χ4n) is 2.20. The van der Waals surface area contributed by atoms with Gasteiger partial charge in [-0.1, -0.05) is 45.0 Å². The number of benzene rings is 2. The second-order valence-corrected chi connectivity index (χ2v) is 6.58. The molecule has 0 aliphatic rings. The summed E-state index contributed by atoms with van der Waals surface area (Å²) >= 11 is 0. The molecule has 0 saturated heterocycles. The molecule has 1 atom stereocenters. The molecule has 0 aromatic heterocycles. The van der Waals surface area contributed by atoms with Crippen LogP contribution in [0.2, 0.25) is 0 Å². The number of hydrogen-bond donors (Lipinski definition) is 2. The van der Waals surface area contributed by atoms with E-state index < -0.39 is 6.10 Å². The molecular weight excluding hydrogens is 274 g/mol. The van der Waals surface area contributed by atoms with Gasteiger partial charge >= 0.3 is 0 Å². The Kier molecular flexibility index (Phi) is 4.67. The number of hydrogen-bond acceptors (Lipinski definition) is 2. The molecule has 2 rings (SSSR count). The van der Waals surface area contributed by atoms with Gasteiger partial charge in [0.25, 0.3) is 5.91 Å². The quantitative estimate of drug-likeness (QED) is 0.888. The van der Waals surface area contributed by atoms with Crippen molar-refractivity contribution in [2.75, 3.05) is 5.32 Å². The Morgan fingerprint density at radius 3 is 2.27 bits per heavy atom. The van der Waals surface area contributed by atoms with Crippen LogP contribution >= 0.6 is 0 Å². The first-order valence-electron chi connectivity index (χ1n) is 7.47. The molecule has 116 valence electrons. The molecule has 0 heterocycles. The van der Waals surface area contributed by atoms with Gasteiger partial charge in [-0.25, -0.2) is 0 Å². The normalized spacial score (nSPS) is 12.8. The maximum Gasteiger partial charge on any atom is 0.255 e. The predicted molar refractivity (Wildman–Crippen MR) is 90.2 cm³/mol. The molecular formula is C19H23NO2. The molecule has 0 aliphatic carbocycles. The van der Waals surface area contributed by atoms with Gasteiger partial charge in [0.05, 0.1) is 6.10 Å². The minimum absolute atomic E-state index is 0.0700. The van der Waals surface area contributed by atoms with Crippen molar-refractivity contribution in [3.05, 3.63) is 65.2 Å². The lowest BCUT2D eigenvalue weighted by Gasteiger charge is -2.19. The lowest BCUT2D eigenvalue weighted by atomic mass is 9.87. The Balaban J connectivity index is 2.14. The third-order valence-electron chi connectivity index (χ3n) is 3.64. The second kappa shape index (κ2) is 6.32. The van der Waals surface area contributed by atoms with Crippen LogP contribution in [-0.4, -0.2) is 11.0 Å². The summed E-state index contributed by atoms with van der Waals surface area (Å²) < 4.78 is 0. The molecule has 22 heavy (non-hydrogen) atoms. The van der Waals surface area contributed by atoms with Crippen LogP contribution in [0, 0.1) is 0 Å². The highest BCUT2D eigenvalue weighted by Gasteiger charge is 2.14. The number of carbonyl (C=O) groups is 1. The third kappa shape index (κ3) is 3.95. The summed E-state index contributed by atoms with van der Waals surface area (Å²) in [6.45, 7) is 8.13. The van der Waals surface area contributed by atoms with Crippen LogP contribution in [0.25, 0.3) is 0 Å². The van der Waals surface area contributed by atoms with Gasteiger partial charge in [-0.15, -0.1) is 0 Å². The first kappa shape index (κ1) is 16.2. The van der Waals surface area contributed by atoms with E-state index in [4.69, 9.17) is 0 Å². The lowest BCUT2D eigenvalue weighted by molar-refractivity contribution is 0.102. The molecule has 0 aliphatic heterocycles. The van der Waals surface area contributed by atoms with E-state index >= 15 is 0 Å². The van der Waals surface area contributed by atoms with E-state index in [0.29, 0.717) is 11.3 Å². The van der Waals surface area contributed by atoms with E-state index in [2.05, 4.69) is 26.1 Å². The minimum atomic E-state index is -0.553. The molecule has 2 N–H and O–H groups in total. The molecule has 0 saturated carbocycles. The van der Waals surface area contributed by atoms with Gasteiger partial charge in [-0.2, -0.15) is 0 Å². The highest BCUT2D eigenvalue weighted by atomic mass is 16.3. The van der Waals surface area contributed by atoms with Crippen molar-refractivity contribution in [2.24, 2.45) is 0 Å². The zero-order valence-electron chi connectivity index (χ0n) is 13.6. The molecule has 0 fully saturated rings. The number of nitrogens with one attached hydrogen (secondary N) is 1. The van der Waals surface area contributed by atoms with Gasteiger partial charge in [-0.3, -0.25) is 4.79 Å². The minimum Gasteiger partial charge on any atom is -0.389 e. The zero-order valence-corrected chi connectivity index (χ0v) is 13.6. The van der Waals surface area contributed by atoms with Crippen molar-refractivity contribution >= 4 is 11.6 Å². The molecule has 0 radical (unpaired) electrons. The van der Waals surface area contributed by atoms with E-state index in [1.807, 2.05) is 42.5 Å². The number of aliphatic hydroxyl groups excluding tert-OH is 1. The molecule has 3 heteroatoms. The molecule has 0 bridgehead atoms. The summed E-state index contributed by atoms with van der Waals surface area (Å²) in [4.78, 5) is 12.3. The van der Waals surface area contributed by atoms with E-state index in [9.17, 15) is 9.90 Å². The average Bonchev–Trinajstić information content (AvgIpc) is 2.46. The molecule has 1 amide bonds. The van der Waals surface area contributed by atoms with Crippen molar-refractivity contribution in [1.29, 1.82) is 0 Å². The van der Waals surface area contributed by atoms with Gasteiger partial charge in [0, 0.05) is 11.3 Å². The number of anilines is 1. The van der Waals surface area contributed by atoms with Gasteiger partial charge in [0.15, 0.2) is 0 Å². The third-order valence-corrected chi connectivity index (χ3v) is 3.64. The average molecular weight is 297 g/mol. The van der Waals surface area contributed by atoms with Crippen LogP contribution in [-0.2, 0) is 5.41 Å². The van der Waals surface area contributed by atoms with Crippen molar-refractivity contribution in [2.45, 2.75) is 39.2 Å². The van der Waals surface area contributed by atoms with Crippen LogP contribution < -0.4 is 5.32 Å². The monoisotopic (exact) mass is 297 g/mol. The van der Waals surface area contributed by atoms with Crippen molar-refractivity contribution in [3.63, 3.8) is 0 Å². The molecule has 0 spiro atoms. The standard InChI is InChI=1S/C19H23NO2/c1-13(21)15-6-5-7-17(12-15)20-18(22)14-8-10-16(11-9-14)19(2,3)4/h5-13,21H,1-4H3,(H,20,22). The Morgan fingerprint density at radius 1 is 1.09 bits per heavy atom. The van der Waals surface area contributed by atoms with Crippen molar-refractivity contribution < 1.29 is 9.90 Å². The van der Waals surface area contributed by atoms with Crippen molar-refractivity contribution in [3.8, 4) is 0 Å². The summed E-state index contributed by atoms with van der Waals surface area (Å²) in [6, 6.07) is 14.9. The van der Waals surface area contributed by atoms with Crippen molar-refractivity contribution in [1.82, 2.24) is 0 Å². The van der Waals surface area contributed by atoms with E-state index in [-0.39, 0.29) is 11.3 Å². The topological polar surface area (TPSA) is 49.3 Å². The van der Waals surface area contributed by atoms with E-state index in [1.165, 1.54) is 5.56 Å². The van der Waals surface area contributed by atoms with Crippen LogP contribution in [0.15, 0.2) is 48.5 Å². The van der Waals surface area contributed by atoms with E-state index in [1.54, 1.807) is 13.0 Å². The number of aliphatic hydroxyl groups is 1. The molecule has 2 aromatic rings. The van der Waals surface area contributed by atoms with Gasteiger partial charge in [0.2, 0.25) is 0 Å². The first-order valence-corrected chi connectivity index (χ1v) is 7.47. The second-order valence-electron chi connectivity index (χ2n) is 6.58. The first-order chi connectivity index (χ1) is 10.3. The number of amides is 1. The Bertz CT molecular complexity index is 652. The van der Waals surface area contributed by atoms with Crippen LogP contribution in [0.3, 0.4) is 0 Å². The lowest BCUT2D eigenvalue weighted by Crippen LogP contribution is -2.14. The summed E-state index contributed by atoms with van der Waals surface area (Å²) in [5, 5.41) is 12.5. The largest absolute Gasteiger partial charge is 0.389 e. The fourth-order valence-corrected chi connectivity index (χ4v) is 2.20. The Labute approximate surface area is 132 Å². The predicted octanol–water partition coefficient (Wildman–Crippen LogP) is 4.29. The molecule has 1 unspecified atom stereocenters. The summed E-state index contributed by atoms with van der Waals surface area (Å²) in [6.07, 6.45) is -0.553. The maximum atomic E-state index is 12.3. The fraction of sp³-hybridized carbons (Fsp3) is 0.316. The smallest absolute Gasteiger partial charge is 0.255 e. The molecule has 3 nitrogen and oxygen atoms in total. The summed E-state index contributed by atoms with van der Waals surface area (Å²) in [7, 11) is 0. The maximum absolute atomic E-state index is 12.3. The van der Waals surface area contributed by atoms with Gasteiger partial charge in [-0.05, 0) is 47.7 Å². The van der Waals surface area contributed by atoms with E-state index in [0.717, 1.165) is 5.56 Å². The molecule has 2 aromatic carbocycles. The highest BCUT2D eigenvalue weighted by Crippen LogP contribution is 2.23. The zero-order chi connectivity index (χ0) is 16.3. The number of rotatable bonds is 3. The summed E-state index contributed by atoms with van der Waals surface area (Å²) in [5.74, 6) is -0.150. The highest BCUT2D eigenvalue weighted by molar-refractivity contribution is 6.04. The van der Waals surface area contributed by atoms with Gasteiger partial charge < -0.3 is 10.4 Å². The Morgan fingerprint density at radius 2 is 1.73 bits per heavy atom. The van der Waals surface area contributed by atoms with Crippen LogP contribution in [0.1, 0.15) is 55.3 Å². The van der Waals surface area contributed by atoms with Gasteiger partial charge in [0.1, 0.15) is 0 Å².